The Morgan fingerprint density at radius 3 is 2.57 bits per heavy atom. The van der Waals surface area contributed by atoms with Crippen molar-refractivity contribution in [2.24, 2.45) is 0 Å². The van der Waals surface area contributed by atoms with Gasteiger partial charge in [-0.2, -0.15) is 0 Å². The average Bonchev–Trinajstić information content (AvgIpc) is 2.48. The van der Waals surface area contributed by atoms with Gasteiger partial charge in [0.15, 0.2) is 0 Å². The van der Waals surface area contributed by atoms with Crippen molar-refractivity contribution in [3.63, 3.8) is 0 Å². The fourth-order valence-electron chi connectivity index (χ4n) is 2.65. The summed E-state index contributed by atoms with van der Waals surface area (Å²) in [7, 11) is 0. The van der Waals surface area contributed by atoms with Crippen molar-refractivity contribution in [3.05, 3.63) is 0 Å². The van der Waals surface area contributed by atoms with Crippen LogP contribution in [0.2, 0.25) is 0 Å². The zero-order valence-electron chi connectivity index (χ0n) is 12.4. The Bertz CT molecular complexity index is 359. The van der Waals surface area contributed by atoms with Crippen molar-refractivity contribution in [3.8, 4) is 0 Å². The molecule has 0 aliphatic heterocycles. The van der Waals surface area contributed by atoms with Gasteiger partial charge in [-0.15, -0.1) is 11.8 Å². The molecule has 1 saturated carbocycles. The van der Waals surface area contributed by atoms with Gasteiger partial charge >= 0.3 is 5.97 Å². The minimum atomic E-state index is -1.08. The lowest BCUT2D eigenvalue weighted by Crippen LogP contribution is -2.43. The number of carbonyl (C=O) groups is 3. The van der Waals surface area contributed by atoms with Crippen LogP contribution in [-0.2, 0) is 14.4 Å². The second-order valence-corrected chi connectivity index (χ2v) is 6.19. The summed E-state index contributed by atoms with van der Waals surface area (Å²) >= 11 is 1.25. The van der Waals surface area contributed by atoms with Crippen LogP contribution in [0.1, 0.15) is 39.0 Å². The number of carbonyl (C=O) groups excluding carboxylic acids is 2. The van der Waals surface area contributed by atoms with Crippen LogP contribution in [0.4, 0.5) is 0 Å². The molecule has 1 aliphatic carbocycles. The molecular formula is C14H24N2O4S. The van der Waals surface area contributed by atoms with Gasteiger partial charge in [-0.1, -0.05) is 19.3 Å². The number of nitrogens with zero attached hydrogens (tertiary/aromatic N) is 1. The van der Waals surface area contributed by atoms with E-state index in [0.717, 1.165) is 12.8 Å². The fourth-order valence-corrected chi connectivity index (χ4v) is 3.58. The molecule has 0 aromatic carbocycles. The van der Waals surface area contributed by atoms with Gasteiger partial charge in [-0.3, -0.25) is 9.59 Å². The first-order valence-electron chi connectivity index (χ1n) is 7.39. The number of aliphatic carboxylic acids is 1. The van der Waals surface area contributed by atoms with Crippen molar-refractivity contribution in [1.29, 1.82) is 0 Å². The third-order valence-electron chi connectivity index (χ3n) is 3.75. The van der Waals surface area contributed by atoms with Crippen molar-refractivity contribution < 1.29 is 19.5 Å². The smallest absolute Gasteiger partial charge is 0.327 e. The van der Waals surface area contributed by atoms with Crippen molar-refractivity contribution in [2.45, 2.75) is 51.1 Å². The second-order valence-electron chi connectivity index (χ2n) is 5.16. The third-order valence-corrected chi connectivity index (χ3v) is 4.77. The number of carboxylic acid groups (broad SMARTS) is 1. The summed E-state index contributed by atoms with van der Waals surface area (Å²) in [6.45, 7) is 2.67. The Labute approximate surface area is 129 Å². The predicted octanol–water partition coefficient (Wildman–Crippen LogP) is 1.10. The molecule has 1 unspecified atom stereocenters. The summed E-state index contributed by atoms with van der Waals surface area (Å²) < 4.78 is 0. The molecule has 2 amide bonds. The lowest BCUT2D eigenvalue weighted by atomic mass is 9.94. The minimum Gasteiger partial charge on any atom is -0.480 e. The topological polar surface area (TPSA) is 86.7 Å². The molecule has 2 N–H and O–H groups in total. The molecular weight excluding hydrogens is 292 g/mol. The number of hydrogen-bond donors (Lipinski definition) is 2. The molecule has 0 aromatic heterocycles. The summed E-state index contributed by atoms with van der Waals surface area (Å²) in [5.41, 5.74) is 0. The normalized spacial score (nSPS) is 17.0. The van der Waals surface area contributed by atoms with Crippen LogP contribution >= 0.6 is 11.8 Å². The van der Waals surface area contributed by atoms with Gasteiger partial charge < -0.3 is 15.3 Å². The predicted molar refractivity (Wildman–Crippen MR) is 82.2 cm³/mol. The summed E-state index contributed by atoms with van der Waals surface area (Å²) in [6, 6.07) is -0.606. The molecule has 1 atom stereocenters. The van der Waals surface area contributed by atoms with E-state index in [4.69, 9.17) is 5.11 Å². The van der Waals surface area contributed by atoms with Gasteiger partial charge in [0.25, 0.3) is 0 Å². The first kappa shape index (κ1) is 17.8. The highest BCUT2D eigenvalue weighted by Gasteiger charge is 2.24. The van der Waals surface area contributed by atoms with Gasteiger partial charge in [-0.05, 0) is 19.8 Å². The average molecular weight is 316 g/mol. The Kier molecular flexibility index (Phi) is 8.19. The molecule has 0 aromatic rings. The number of hydrogen-bond acceptors (Lipinski definition) is 4. The number of carboxylic acids is 1. The number of amides is 2. The van der Waals surface area contributed by atoms with E-state index in [1.54, 1.807) is 0 Å². The molecule has 0 radical (unpaired) electrons. The molecule has 0 saturated heterocycles. The molecule has 0 spiro atoms. The highest BCUT2D eigenvalue weighted by molar-refractivity contribution is 8.00. The van der Waals surface area contributed by atoms with Crippen molar-refractivity contribution in [2.75, 3.05) is 18.1 Å². The molecule has 1 fully saturated rings. The van der Waals surface area contributed by atoms with Crippen LogP contribution in [0, 0.1) is 0 Å². The Morgan fingerprint density at radius 2 is 2.05 bits per heavy atom. The van der Waals surface area contributed by atoms with Crippen LogP contribution in [0.5, 0.6) is 0 Å². The number of nitrogens with one attached hydrogen (secondary N) is 1. The van der Waals surface area contributed by atoms with Gasteiger partial charge in [0.2, 0.25) is 12.3 Å². The number of rotatable bonds is 9. The second kappa shape index (κ2) is 9.65. The van der Waals surface area contributed by atoms with Crippen molar-refractivity contribution >= 4 is 30.0 Å². The lowest BCUT2D eigenvalue weighted by molar-refractivity contribution is -0.139. The highest BCUT2D eigenvalue weighted by atomic mass is 32.2. The van der Waals surface area contributed by atoms with Gasteiger partial charge in [0.05, 0.1) is 5.75 Å². The van der Waals surface area contributed by atoms with E-state index in [-0.39, 0.29) is 17.4 Å². The largest absolute Gasteiger partial charge is 0.480 e. The monoisotopic (exact) mass is 316 g/mol. The summed E-state index contributed by atoms with van der Waals surface area (Å²) in [5.74, 6) is -0.567. The zero-order valence-corrected chi connectivity index (χ0v) is 13.2. The maximum Gasteiger partial charge on any atom is 0.327 e. The molecule has 1 aliphatic rings. The van der Waals surface area contributed by atoms with E-state index in [0.29, 0.717) is 19.0 Å². The summed E-state index contributed by atoms with van der Waals surface area (Å²) in [5, 5.41) is 11.1. The van der Waals surface area contributed by atoms with Crippen LogP contribution in [0.15, 0.2) is 0 Å². The SMILES string of the molecule is CCN(C(=O)CSCC(NC=O)C(=O)O)C1CCCCC1. The molecule has 0 heterocycles. The molecule has 0 bridgehead atoms. The maximum atomic E-state index is 12.3. The lowest BCUT2D eigenvalue weighted by Gasteiger charge is -2.33. The quantitative estimate of drug-likeness (QED) is 0.622. The molecule has 120 valence electrons. The van der Waals surface area contributed by atoms with E-state index in [1.807, 2.05) is 11.8 Å². The van der Waals surface area contributed by atoms with E-state index in [2.05, 4.69) is 5.32 Å². The molecule has 1 rings (SSSR count). The third kappa shape index (κ3) is 5.95. The van der Waals surface area contributed by atoms with E-state index >= 15 is 0 Å². The summed E-state index contributed by atoms with van der Waals surface area (Å²) in [4.78, 5) is 35.4. The van der Waals surface area contributed by atoms with E-state index in [9.17, 15) is 14.4 Å². The minimum absolute atomic E-state index is 0.0599. The van der Waals surface area contributed by atoms with Gasteiger partial charge in [-0.25, -0.2) is 4.79 Å². The standard InChI is InChI=1S/C14H24N2O4S/c1-2-16(11-6-4-3-5-7-11)13(18)9-21-8-12(14(19)20)15-10-17/h10-12H,2-9H2,1H3,(H,15,17)(H,19,20). The first-order valence-corrected chi connectivity index (χ1v) is 8.55. The Hall–Kier alpha value is -1.24. The Morgan fingerprint density at radius 1 is 1.38 bits per heavy atom. The van der Waals surface area contributed by atoms with Crippen LogP contribution < -0.4 is 5.32 Å². The van der Waals surface area contributed by atoms with Crippen molar-refractivity contribution in [1.82, 2.24) is 10.2 Å². The highest BCUT2D eigenvalue weighted by Crippen LogP contribution is 2.23. The zero-order chi connectivity index (χ0) is 15.7. The van der Waals surface area contributed by atoms with E-state index < -0.39 is 12.0 Å². The van der Waals surface area contributed by atoms with Gasteiger partial charge in [0, 0.05) is 18.3 Å². The Balaban J connectivity index is 2.39. The maximum absolute atomic E-state index is 12.3. The fraction of sp³-hybridized carbons (Fsp3) is 0.786. The van der Waals surface area contributed by atoms with Gasteiger partial charge in [0.1, 0.15) is 6.04 Å². The molecule has 7 heteroatoms. The van der Waals surface area contributed by atoms with E-state index in [1.165, 1.54) is 31.0 Å². The van der Waals surface area contributed by atoms with Crippen LogP contribution in [0.25, 0.3) is 0 Å². The summed E-state index contributed by atoms with van der Waals surface area (Å²) in [6.07, 6.45) is 6.09. The first-order chi connectivity index (χ1) is 10.1. The number of thioether (sulfide) groups is 1. The van der Waals surface area contributed by atoms with Crippen LogP contribution in [-0.4, -0.2) is 58.4 Å². The molecule has 6 nitrogen and oxygen atoms in total. The van der Waals surface area contributed by atoms with Crippen LogP contribution in [0.3, 0.4) is 0 Å². The molecule has 21 heavy (non-hydrogen) atoms.